The van der Waals surface area contributed by atoms with Crippen molar-refractivity contribution in [1.82, 2.24) is 25.3 Å². The zero-order valence-electron chi connectivity index (χ0n) is 20.7. The van der Waals surface area contributed by atoms with Crippen LogP contribution in [0.4, 0.5) is 16.0 Å². The number of carbonyl (C=O) groups is 1. The van der Waals surface area contributed by atoms with Crippen LogP contribution in [-0.4, -0.2) is 57.5 Å². The first-order valence-corrected chi connectivity index (χ1v) is 13.5. The molecule has 3 N–H and O–H groups in total. The van der Waals surface area contributed by atoms with Gasteiger partial charge >= 0.3 is 0 Å². The van der Waals surface area contributed by atoms with E-state index < -0.39 is 5.82 Å². The summed E-state index contributed by atoms with van der Waals surface area (Å²) >= 11 is 1.69. The van der Waals surface area contributed by atoms with Gasteiger partial charge in [-0.3, -0.25) is 9.78 Å². The summed E-state index contributed by atoms with van der Waals surface area (Å²) in [5, 5.41) is 9.62. The van der Waals surface area contributed by atoms with Crippen molar-refractivity contribution in [2.75, 3.05) is 36.2 Å². The second-order valence-electron chi connectivity index (χ2n) is 8.97. The monoisotopic (exact) mass is 517 g/mol. The standard InChI is InChI=1S/C27H28FN7OS/c1-29-27(36)20-9-10-30-26-19(6-7-21(28)25(20)26)17(14-37-2)13-32-24-11-22(33-15-34-24)16-3-8-23(31-12-16)35-18-4-5-18/h3,6-12,15,17-18H,4-5,13-14H2,1-2H3,(H,29,36)(H,31,35)(H,32,33,34). The van der Waals surface area contributed by atoms with Crippen LogP contribution in [0, 0.1) is 5.82 Å². The van der Waals surface area contributed by atoms with Crippen molar-refractivity contribution < 1.29 is 9.18 Å². The van der Waals surface area contributed by atoms with Crippen molar-refractivity contribution in [2.24, 2.45) is 0 Å². The summed E-state index contributed by atoms with van der Waals surface area (Å²) in [6, 6.07) is 11.1. The molecule has 0 spiro atoms. The van der Waals surface area contributed by atoms with E-state index in [2.05, 4.69) is 35.9 Å². The SMILES string of the molecule is CNC(=O)c1ccnc2c(C(CNc3cc(-c4ccc(NC5CC5)nc4)ncn3)CSC)ccc(F)c12. The van der Waals surface area contributed by atoms with Crippen molar-refractivity contribution in [3.63, 3.8) is 0 Å². The van der Waals surface area contributed by atoms with Crippen molar-refractivity contribution in [1.29, 1.82) is 0 Å². The predicted molar refractivity (Wildman–Crippen MR) is 147 cm³/mol. The maximum Gasteiger partial charge on any atom is 0.251 e. The van der Waals surface area contributed by atoms with Gasteiger partial charge in [-0.2, -0.15) is 11.8 Å². The van der Waals surface area contributed by atoms with Gasteiger partial charge in [-0.25, -0.2) is 19.3 Å². The number of anilines is 2. The molecule has 190 valence electrons. The highest BCUT2D eigenvalue weighted by atomic mass is 32.2. The molecule has 1 atom stereocenters. The minimum absolute atomic E-state index is 0.00148. The van der Waals surface area contributed by atoms with E-state index >= 15 is 0 Å². The zero-order valence-corrected chi connectivity index (χ0v) is 21.5. The number of carbonyl (C=O) groups excluding carboxylic acids is 1. The first kappa shape index (κ1) is 24.9. The lowest BCUT2D eigenvalue weighted by Gasteiger charge is -2.20. The third-order valence-electron chi connectivity index (χ3n) is 6.34. The molecule has 3 aromatic heterocycles. The summed E-state index contributed by atoms with van der Waals surface area (Å²) in [6.45, 7) is 0.548. The van der Waals surface area contributed by atoms with Crippen LogP contribution in [0.2, 0.25) is 0 Å². The Labute approximate surface area is 218 Å². The first-order chi connectivity index (χ1) is 18.1. The highest BCUT2D eigenvalue weighted by molar-refractivity contribution is 7.98. The number of nitrogens with one attached hydrogen (secondary N) is 3. The molecule has 4 aromatic rings. The molecule has 0 bridgehead atoms. The van der Waals surface area contributed by atoms with E-state index in [4.69, 9.17) is 0 Å². The van der Waals surface area contributed by atoms with Gasteiger partial charge in [0.05, 0.1) is 16.8 Å². The van der Waals surface area contributed by atoms with Crippen molar-refractivity contribution in [3.05, 3.63) is 72.1 Å². The highest BCUT2D eigenvalue weighted by Crippen LogP contribution is 2.31. The average Bonchev–Trinajstić information content (AvgIpc) is 3.75. The Balaban J connectivity index is 1.37. The highest BCUT2D eigenvalue weighted by Gasteiger charge is 2.22. The molecule has 1 saturated carbocycles. The van der Waals surface area contributed by atoms with Crippen LogP contribution in [0.3, 0.4) is 0 Å². The predicted octanol–water partition coefficient (Wildman–Crippen LogP) is 4.72. The van der Waals surface area contributed by atoms with Crippen molar-refractivity contribution in [2.45, 2.75) is 24.8 Å². The lowest BCUT2D eigenvalue weighted by atomic mass is 9.95. The van der Waals surface area contributed by atoms with E-state index in [0.717, 1.165) is 28.4 Å². The molecule has 1 aliphatic rings. The maximum absolute atomic E-state index is 14.9. The number of amides is 1. The van der Waals surface area contributed by atoms with Gasteiger partial charge in [0.15, 0.2) is 0 Å². The van der Waals surface area contributed by atoms with Gasteiger partial charge in [0, 0.05) is 60.7 Å². The van der Waals surface area contributed by atoms with Gasteiger partial charge in [0.2, 0.25) is 0 Å². The molecule has 8 nitrogen and oxygen atoms in total. The topological polar surface area (TPSA) is 105 Å². The Morgan fingerprint density at radius 2 is 1.97 bits per heavy atom. The van der Waals surface area contributed by atoms with Gasteiger partial charge in [-0.1, -0.05) is 6.07 Å². The molecule has 0 radical (unpaired) electrons. The van der Waals surface area contributed by atoms with Crippen molar-refractivity contribution in [3.8, 4) is 11.3 Å². The number of pyridine rings is 2. The smallest absolute Gasteiger partial charge is 0.251 e. The van der Waals surface area contributed by atoms with Gasteiger partial charge in [-0.05, 0) is 48.9 Å². The number of rotatable bonds is 10. The van der Waals surface area contributed by atoms with E-state index in [-0.39, 0.29) is 22.8 Å². The lowest BCUT2D eigenvalue weighted by molar-refractivity contribution is 0.0964. The number of thioether (sulfide) groups is 1. The van der Waals surface area contributed by atoms with Gasteiger partial charge in [0.1, 0.15) is 23.8 Å². The normalized spacial score (nSPS) is 13.8. The fourth-order valence-corrected chi connectivity index (χ4v) is 4.97. The number of fused-ring (bicyclic) bond motifs is 1. The van der Waals surface area contributed by atoms with Gasteiger partial charge in [0.25, 0.3) is 5.91 Å². The molecule has 0 aliphatic heterocycles. The molecule has 1 aliphatic carbocycles. The summed E-state index contributed by atoms with van der Waals surface area (Å²) in [5.74, 6) is 1.52. The largest absolute Gasteiger partial charge is 0.369 e. The summed E-state index contributed by atoms with van der Waals surface area (Å²) in [6.07, 6.45) is 9.31. The van der Waals surface area contributed by atoms with Crippen LogP contribution in [-0.2, 0) is 0 Å². The molecule has 1 fully saturated rings. The minimum atomic E-state index is -0.464. The first-order valence-electron chi connectivity index (χ1n) is 12.1. The summed E-state index contributed by atoms with van der Waals surface area (Å²) in [4.78, 5) is 30.1. The molecule has 1 amide bonds. The number of nitrogens with zero attached hydrogens (tertiary/aromatic N) is 4. The number of aromatic nitrogens is 4. The Kier molecular flexibility index (Phi) is 7.45. The quantitative estimate of drug-likeness (QED) is 0.278. The molecule has 37 heavy (non-hydrogen) atoms. The molecule has 1 aromatic carbocycles. The van der Waals surface area contributed by atoms with Crippen LogP contribution in [0.15, 0.2) is 55.1 Å². The fraction of sp³-hybridized carbons (Fsp3) is 0.296. The summed E-state index contributed by atoms with van der Waals surface area (Å²) in [5.41, 5.74) is 3.32. The van der Waals surface area contributed by atoms with E-state index in [9.17, 15) is 9.18 Å². The Morgan fingerprint density at radius 1 is 1.11 bits per heavy atom. The van der Waals surface area contributed by atoms with Gasteiger partial charge < -0.3 is 16.0 Å². The zero-order chi connectivity index (χ0) is 25.8. The molecule has 3 heterocycles. The van der Waals surface area contributed by atoms with Crippen LogP contribution in [0.1, 0.15) is 34.7 Å². The number of halogens is 1. The Morgan fingerprint density at radius 3 is 2.70 bits per heavy atom. The molecule has 5 rings (SSSR count). The molecule has 1 unspecified atom stereocenters. The summed E-state index contributed by atoms with van der Waals surface area (Å²) < 4.78 is 14.9. The molecular formula is C27H28FN7OS. The third-order valence-corrected chi connectivity index (χ3v) is 7.07. The van der Waals surface area contributed by atoms with Crippen LogP contribution in [0.5, 0.6) is 0 Å². The minimum Gasteiger partial charge on any atom is -0.369 e. The van der Waals surface area contributed by atoms with Crippen LogP contribution < -0.4 is 16.0 Å². The van der Waals surface area contributed by atoms with E-state index in [1.54, 1.807) is 30.1 Å². The lowest BCUT2D eigenvalue weighted by Crippen LogP contribution is -2.20. The van der Waals surface area contributed by atoms with Crippen LogP contribution in [0.25, 0.3) is 22.2 Å². The second-order valence-corrected chi connectivity index (χ2v) is 9.88. The maximum atomic E-state index is 14.9. The van der Waals surface area contributed by atoms with E-state index in [0.29, 0.717) is 23.9 Å². The average molecular weight is 518 g/mol. The number of hydrogen-bond donors (Lipinski definition) is 3. The summed E-state index contributed by atoms with van der Waals surface area (Å²) in [7, 11) is 1.53. The van der Waals surface area contributed by atoms with Crippen LogP contribution >= 0.6 is 11.8 Å². The molecule has 10 heteroatoms. The van der Waals surface area contributed by atoms with E-state index in [1.165, 1.54) is 32.3 Å². The van der Waals surface area contributed by atoms with Crippen molar-refractivity contribution >= 4 is 40.2 Å². The Bertz CT molecular complexity index is 1410. The second kappa shape index (κ2) is 11.1. The van der Waals surface area contributed by atoms with E-state index in [1.807, 2.05) is 30.7 Å². The third kappa shape index (κ3) is 5.64. The fourth-order valence-electron chi connectivity index (χ4n) is 4.27. The molecule has 0 saturated heterocycles. The van der Waals surface area contributed by atoms with Gasteiger partial charge in [-0.15, -0.1) is 0 Å². The molecular weight excluding hydrogens is 489 g/mol. The number of hydrogen-bond acceptors (Lipinski definition) is 8. The Hall–Kier alpha value is -3.79. The number of benzene rings is 1.